The number of nitrogens with one attached hydrogen (secondary N) is 1. The number of halogens is 3. The molecule has 2 aromatic rings. The third-order valence-corrected chi connectivity index (χ3v) is 3.08. The molecule has 0 radical (unpaired) electrons. The second kappa shape index (κ2) is 6.87. The van der Waals surface area contributed by atoms with Gasteiger partial charge in [0, 0.05) is 29.2 Å². The number of benzene rings is 2. The largest absolute Gasteiger partial charge is 0.454 e. The van der Waals surface area contributed by atoms with Crippen molar-refractivity contribution < 1.29 is 13.5 Å². The second-order valence-electron chi connectivity index (χ2n) is 4.96. The summed E-state index contributed by atoms with van der Waals surface area (Å²) in [7, 11) is 0. The van der Waals surface area contributed by atoms with Gasteiger partial charge in [-0.3, -0.25) is 0 Å². The van der Waals surface area contributed by atoms with Crippen LogP contribution >= 0.6 is 11.6 Å². The first-order valence-corrected chi connectivity index (χ1v) is 6.98. The van der Waals surface area contributed by atoms with E-state index in [2.05, 4.69) is 5.32 Å². The van der Waals surface area contributed by atoms with Gasteiger partial charge < -0.3 is 10.1 Å². The number of hydrogen-bond acceptors (Lipinski definition) is 2. The molecule has 5 heteroatoms. The molecule has 0 aromatic heterocycles. The highest BCUT2D eigenvalue weighted by Crippen LogP contribution is 2.30. The molecule has 0 saturated heterocycles. The molecule has 2 nitrogen and oxygen atoms in total. The Morgan fingerprint density at radius 3 is 2.52 bits per heavy atom. The summed E-state index contributed by atoms with van der Waals surface area (Å²) < 4.78 is 32.1. The smallest absolute Gasteiger partial charge is 0.168 e. The van der Waals surface area contributed by atoms with E-state index < -0.39 is 11.6 Å². The van der Waals surface area contributed by atoms with Gasteiger partial charge in [0.2, 0.25) is 0 Å². The van der Waals surface area contributed by atoms with E-state index in [0.717, 1.165) is 17.7 Å². The van der Waals surface area contributed by atoms with Gasteiger partial charge in [-0.25, -0.2) is 8.78 Å². The highest BCUT2D eigenvalue weighted by Gasteiger charge is 2.10. The van der Waals surface area contributed by atoms with Crippen molar-refractivity contribution in [2.45, 2.75) is 26.4 Å². The zero-order chi connectivity index (χ0) is 15.4. The second-order valence-corrected chi connectivity index (χ2v) is 5.40. The molecule has 0 bridgehead atoms. The lowest BCUT2D eigenvalue weighted by atomic mass is 10.2. The number of hydrogen-bond donors (Lipinski definition) is 1. The maximum atomic E-state index is 13.7. The molecule has 0 unspecified atom stereocenters. The van der Waals surface area contributed by atoms with Crippen LogP contribution < -0.4 is 10.1 Å². The summed E-state index contributed by atoms with van der Waals surface area (Å²) in [6, 6.07) is 8.66. The molecule has 2 rings (SSSR count). The molecule has 0 spiro atoms. The molecule has 0 heterocycles. The summed E-state index contributed by atoms with van der Waals surface area (Å²) in [5.74, 6) is -0.990. The van der Waals surface area contributed by atoms with Crippen LogP contribution in [0, 0.1) is 11.6 Å². The average molecular weight is 312 g/mol. The summed E-state index contributed by atoms with van der Waals surface area (Å²) in [6.45, 7) is 4.61. The van der Waals surface area contributed by atoms with Gasteiger partial charge in [-0.15, -0.1) is 0 Å². The Balaban J connectivity index is 2.27. The fourth-order valence-corrected chi connectivity index (χ4v) is 1.92. The SMILES string of the molecule is CC(C)NCc1ccc(Cl)cc1Oc1ccc(F)cc1F. The van der Waals surface area contributed by atoms with Crippen LogP contribution in [0.1, 0.15) is 19.4 Å². The quantitative estimate of drug-likeness (QED) is 0.847. The molecule has 112 valence electrons. The third-order valence-electron chi connectivity index (χ3n) is 2.84. The lowest BCUT2D eigenvalue weighted by molar-refractivity contribution is 0.430. The predicted molar refractivity (Wildman–Crippen MR) is 79.9 cm³/mol. The molecule has 0 saturated carbocycles. The molecule has 2 aromatic carbocycles. The van der Waals surface area contributed by atoms with E-state index in [0.29, 0.717) is 23.4 Å². The van der Waals surface area contributed by atoms with Gasteiger partial charge in [-0.2, -0.15) is 0 Å². The van der Waals surface area contributed by atoms with Crippen molar-refractivity contribution in [1.29, 1.82) is 0 Å². The summed E-state index contributed by atoms with van der Waals surface area (Å²) in [5, 5.41) is 3.74. The molecule has 0 amide bonds. The molecule has 0 aliphatic rings. The first-order valence-electron chi connectivity index (χ1n) is 6.60. The predicted octanol–water partition coefficient (Wildman–Crippen LogP) is 4.91. The zero-order valence-corrected chi connectivity index (χ0v) is 12.5. The highest BCUT2D eigenvalue weighted by molar-refractivity contribution is 6.30. The average Bonchev–Trinajstić information content (AvgIpc) is 2.41. The lowest BCUT2D eigenvalue weighted by Crippen LogP contribution is -2.22. The first kappa shape index (κ1) is 15.7. The van der Waals surface area contributed by atoms with Crippen LogP contribution in [0.3, 0.4) is 0 Å². The topological polar surface area (TPSA) is 21.3 Å². The Labute approximate surface area is 127 Å². The van der Waals surface area contributed by atoms with Crippen molar-refractivity contribution in [2.24, 2.45) is 0 Å². The van der Waals surface area contributed by atoms with E-state index in [9.17, 15) is 8.78 Å². The van der Waals surface area contributed by atoms with Crippen LogP contribution in [0.4, 0.5) is 8.78 Å². The minimum absolute atomic E-state index is 0.0375. The molecule has 0 aliphatic carbocycles. The molecule has 0 fully saturated rings. The standard InChI is InChI=1S/C16H16ClF2NO/c1-10(2)20-9-11-3-4-12(17)7-16(11)21-15-6-5-13(18)8-14(15)19/h3-8,10,20H,9H2,1-2H3. The minimum Gasteiger partial charge on any atom is -0.454 e. The van der Waals surface area contributed by atoms with Crippen LogP contribution in [-0.2, 0) is 6.54 Å². The summed E-state index contributed by atoms with van der Waals surface area (Å²) in [5.41, 5.74) is 0.844. The van der Waals surface area contributed by atoms with Gasteiger partial charge in [0.1, 0.15) is 11.6 Å². The molecular formula is C16H16ClF2NO. The molecule has 1 N–H and O–H groups in total. The van der Waals surface area contributed by atoms with Crippen molar-refractivity contribution in [3.63, 3.8) is 0 Å². The van der Waals surface area contributed by atoms with Crippen molar-refractivity contribution in [3.05, 3.63) is 58.6 Å². The van der Waals surface area contributed by atoms with Gasteiger partial charge >= 0.3 is 0 Å². The monoisotopic (exact) mass is 311 g/mol. The van der Waals surface area contributed by atoms with Crippen LogP contribution in [0.2, 0.25) is 5.02 Å². The number of ether oxygens (including phenoxy) is 1. The Morgan fingerprint density at radius 1 is 1.10 bits per heavy atom. The van der Waals surface area contributed by atoms with Gasteiger partial charge in [0.05, 0.1) is 0 Å². The van der Waals surface area contributed by atoms with E-state index in [1.54, 1.807) is 12.1 Å². The van der Waals surface area contributed by atoms with Crippen molar-refractivity contribution >= 4 is 11.6 Å². The fourth-order valence-electron chi connectivity index (χ4n) is 1.76. The van der Waals surface area contributed by atoms with E-state index in [-0.39, 0.29) is 5.75 Å². The minimum atomic E-state index is -0.752. The van der Waals surface area contributed by atoms with E-state index in [1.165, 1.54) is 6.07 Å². The van der Waals surface area contributed by atoms with Crippen LogP contribution in [0.5, 0.6) is 11.5 Å². The van der Waals surface area contributed by atoms with Crippen molar-refractivity contribution in [3.8, 4) is 11.5 Å². The molecule has 0 aliphatic heterocycles. The fraction of sp³-hybridized carbons (Fsp3) is 0.250. The Bertz CT molecular complexity index is 632. The van der Waals surface area contributed by atoms with Crippen LogP contribution in [0.25, 0.3) is 0 Å². The van der Waals surface area contributed by atoms with Gasteiger partial charge in [0.15, 0.2) is 11.6 Å². The molecule has 21 heavy (non-hydrogen) atoms. The van der Waals surface area contributed by atoms with E-state index in [1.807, 2.05) is 19.9 Å². The number of rotatable bonds is 5. The summed E-state index contributed by atoms with van der Waals surface area (Å²) >= 11 is 5.96. The first-order chi connectivity index (χ1) is 9.95. The van der Waals surface area contributed by atoms with E-state index >= 15 is 0 Å². The van der Waals surface area contributed by atoms with Crippen LogP contribution in [-0.4, -0.2) is 6.04 Å². The maximum Gasteiger partial charge on any atom is 0.168 e. The van der Waals surface area contributed by atoms with Crippen molar-refractivity contribution in [1.82, 2.24) is 5.32 Å². The summed E-state index contributed by atoms with van der Waals surface area (Å²) in [6.07, 6.45) is 0. The summed E-state index contributed by atoms with van der Waals surface area (Å²) in [4.78, 5) is 0. The highest BCUT2D eigenvalue weighted by atomic mass is 35.5. The van der Waals surface area contributed by atoms with Crippen molar-refractivity contribution in [2.75, 3.05) is 0 Å². The van der Waals surface area contributed by atoms with Gasteiger partial charge in [-0.05, 0) is 24.3 Å². The molecular weight excluding hydrogens is 296 g/mol. The van der Waals surface area contributed by atoms with Gasteiger partial charge in [-0.1, -0.05) is 31.5 Å². The maximum absolute atomic E-state index is 13.7. The Morgan fingerprint density at radius 2 is 1.86 bits per heavy atom. The van der Waals surface area contributed by atoms with E-state index in [4.69, 9.17) is 16.3 Å². The lowest BCUT2D eigenvalue weighted by Gasteiger charge is -2.14. The van der Waals surface area contributed by atoms with Gasteiger partial charge in [0.25, 0.3) is 0 Å². The Hall–Kier alpha value is -1.65. The van der Waals surface area contributed by atoms with Crippen LogP contribution in [0.15, 0.2) is 36.4 Å². The third kappa shape index (κ3) is 4.41. The zero-order valence-electron chi connectivity index (χ0n) is 11.8. The Kier molecular flexibility index (Phi) is 5.15. The molecule has 0 atom stereocenters. The normalized spacial score (nSPS) is 11.0.